The fourth-order valence-electron chi connectivity index (χ4n) is 2.86. The van der Waals surface area contributed by atoms with E-state index in [9.17, 15) is 4.39 Å². The summed E-state index contributed by atoms with van der Waals surface area (Å²) in [6.45, 7) is 0.964. The van der Waals surface area contributed by atoms with Crippen molar-refractivity contribution in [3.63, 3.8) is 0 Å². The van der Waals surface area contributed by atoms with Crippen LogP contribution in [-0.4, -0.2) is 12.6 Å². The number of hydrogen-bond acceptors (Lipinski definition) is 1. The third-order valence-corrected chi connectivity index (χ3v) is 3.78. The monoisotopic (exact) mass is 243 g/mol. The second kappa shape index (κ2) is 5.07. The molecular formula is C16H18FN. The van der Waals surface area contributed by atoms with Crippen molar-refractivity contribution in [3.8, 4) is 0 Å². The Labute approximate surface area is 107 Å². The molecule has 2 aliphatic rings. The largest absolute Gasteiger partial charge is 0.309 e. The number of allylic oxidation sites excluding steroid dienone is 2. The molecule has 1 aromatic rings. The highest BCUT2D eigenvalue weighted by atomic mass is 19.1. The van der Waals surface area contributed by atoms with Crippen LogP contribution >= 0.6 is 0 Å². The number of nitrogens with one attached hydrogen (secondary N) is 1. The zero-order valence-electron chi connectivity index (χ0n) is 10.5. The molecule has 0 bridgehead atoms. The van der Waals surface area contributed by atoms with Crippen molar-refractivity contribution in [1.29, 1.82) is 0 Å². The molecular weight excluding hydrogens is 225 g/mol. The van der Waals surface area contributed by atoms with Gasteiger partial charge in [0.05, 0.1) is 0 Å². The van der Waals surface area contributed by atoms with Crippen molar-refractivity contribution in [3.05, 3.63) is 58.9 Å². The van der Waals surface area contributed by atoms with Crippen LogP contribution in [0, 0.1) is 5.82 Å². The first-order chi connectivity index (χ1) is 8.81. The van der Waals surface area contributed by atoms with Crippen LogP contribution in [0.1, 0.15) is 24.8 Å². The van der Waals surface area contributed by atoms with E-state index in [4.69, 9.17) is 0 Å². The predicted octanol–water partition coefficient (Wildman–Crippen LogP) is 3.38. The van der Waals surface area contributed by atoms with E-state index in [0.29, 0.717) is 6.04 Å². The van der Waals surface area contributed by atoms with E-state index in [1.54, 1.807) is 12.1 Å². The van der Waals surface area contributed by atoms with E-state index in [0.717, 1.165) is 24.9 Å². The minimum absolute atomic E-state index is 0.138. The molecule has 1 fully saturated rings. The molecule has 1 N–H and O–H groups in total. The van der Waals surface area contributed by atoms with Gasteiger partial charge in [-0.05, 0) is 54.5 Å². The van der Waals surface area contributed by atoms with Crippen LogP contribution in [0.5, 0.6) is 0 Å². The topological polar surface area (TPSA) is 12.0 Å². The fraction of sp³-hybridized carbons (Fsp3) is 0.375. The van der Waals surface area contributed by atoms with Crippen LogP contribution in [-0.2, 0) is 6.42 Å². The maximum Gasteiger partial charge on any atom is 0.123 e. The van der Waals surface area contributed by atoms with Gasteiger partial charge in [-0.2, -0.15) is 0 Å². The van der Waals surface area contributed by atoms with E-state index in [1.807, 2.05) is 6.07 Å². The summed E-state index contributed by atoms with van der Waals surface area (Å²) < 4.78 is 13.1. The van der Waals surface area contributed by atoms with Gasteiger partial charge in [0.2, 0.25) is 0 Å². The van der Waals surface area contributed by atoms with Gasteiger partial charge in [0, 0.05) is 12.6 Å². The Morgan fingerprint density at radius 1 is 1.17 bits per heavy atom. The van der Waals surface area contributed by atoms with Crippen molar-refractivity contribution >= 4 is 0 Å². The van der Waals surface area contributed by atoms with Gasteiger partial charge in [0.15, 0.2) is 0 Å². The first kappa shape index (κ1) is 11.7. The molecule has 1 heterocycles. The summed E-state index contributed by atoms with van der Waals surface area (Å²) in [6, 6.07) is 7.38. The van der Waals surface area contributed by atoms with Crippen LogP contribution in [0.4, 0.5) is 4.39 Å². The molecule has 1 aromatic carbocycles. The Morgan fingerprint density at radius 3 is 2.83 bits per heavy atom. The van der Waals surface area contributed by atoms with E-state index >= 15 is 0 Å². The number of piperidine rings is 1. The first-order valence-corrected chi connectivity index (χ1v) is 6.67. The van der Waals surface area contributed by atoms with Crippen LogP contribution in [0.25, 0.3) is 0 Å². The molecule has 0 amide bonds. The third kappa shape index (κ3) is 2.54. The summed E-state index contributed by atoms with van der Waals surface area (Å²) in [7, 11) is 0. The van der Waals surface area contributed by atoms with Gasteiger partial charge in [-0.3, -0.25) is 0 Å². The van der Waals surface area contributed by atoms with Gasteiger partial charge in [-0.25, -0.2) is 4.39 Å². The average Bonchev–Trinajstić information content (AvgIpc) is 2.39. The van der Waals surface area contributed by atoms with E-state index in [1.165, 1.54) is 30.1 Å². The Morgan fingerprint density at radius 2 is 2.00 bits per heavy atom. The maximum atomic E-state index is 13.1. The smallest absolute Gasteiger partial charge is 0.123 e. The van der Waals surface area contributed by atoms with E-state index < -0.39 is 0 Å². The average molecular weight is 243 g/mol. The van der Waals surface area contributed by atoms with Crippen LogP contribution in [0.2, 0.25) is 0 Å². The minimum atomic E-state index is -0.138. The second-order valence-corrected chi connectivity index (χ2v) is 5.15. The number of rotatable bonds is 2. The third-order valence-electron chi connectivity index (χ3n) is 3.78. The minimum Gasteiger partial charge on any atom is -0.309 e. The predicted molar refractivity (Wildman–Crippen MR) is 71.9 cm³/mol. The second-order valence-electron chi connectivity index (χ2n) is 5.15. The van der Waals surface area contributed by atoms with Crippen molar-refractivity contribution < 1.29 is 4.39 Å². The Hall–Kier alpha value is -1.41. The number of benzene rings is 1. The molecule has 1 atom stereocenters. The lowest BCUT2D eigenvalue weighted by atomic mass is 9.87. The van der Waals surface area contributed by atoms with E-state index in [2.05, 4.69) is 17.5 Å². The molecule has 18 heavy (non-hydrogen) atoms. The highest BCUT2D eigenvalue weighted by Crippen LogP contribution is 2.27. The summed E-state index contributed by atoms with van der Waals surface area (Å²) in [5.74, 6) is -0.138. The van der Waals surface area contributed by atoms with Crippen LogP contribution < -0.4 is 5.32 Å². The maximum absolute atomic E-state index is 13.1. The quantitative estimate of drug-likeness (QED) is 0.839. The van der Waals surface area contributed by atoms with Gasteiger partial charge in [0.1, 0.15) is 5.82 Å². The van der Waals surface area contributed by atoms with Crippen molar-refractivity contribution in [2.45, 2.75) is 31.7 Å². The first-order valence-electron chi connectivity index (χ1n) is 6.67. The molecule has 0 aromatic heterocycles. The zero-order valence-corrected chi connectivity index (χ0v) is 10.5. The molecule has 1 unspecified atom stereocenters. The van der Waals surface area contributed by atoms with Gasteiger partial charge >= 0.3 is 0 Å². The molecule has 0 radical (unpaired) electrons. The van der Waals surface area contributed by atoms with Crippen molar-refractivity contribution in [1.82, 2.24) is 5.32 Å². The summed E-state index contributed by atoms with van der Waals surface area (Å²) in [5.41, 5.74) is 4.05. The van der Waals surface area contributed by atoms with Gasteiger partial charge in [-0.1, -0.05) is 24.3 Å². The number of fused-ring (bicyclic) bond motifs is 1. The Balaban J connectivity index is 1.68. The molecule has 1 aliphatic heterocycles. The highest BCUT2D eigenvalue weighted by Gasteiger charge is 2.21. The highest BCUT2D eigenvalue weighted by molar-refractivity contribution is 5.38. The Kier molecular flexibility index (Phi) is 3.28. The summed E-state index contributed by atoms with van der Waals surface area (Å²) >= 11 is 0. The van der Waals surface area contributed by atoms with Gasteiger partial charge < -0.3 is 5.32 Å². The van der Waals surface area contributed by atoms with Crippen molar-refractivity contribution in [2.24, 2.45) is 0 Å². The normalized spacial score (nSPS) is 23.1. The lowest BCUT2D eigenvalue weighted by Gasteiger charge is -2.30. The molecule has 3 rings (SSSR count). The Bertz CT molecular complexity index is 502. The standard InChI is InChI=1S/C16H18FN/c17-15-7-3-4-12(8-15)9-16-10-13-5-1-2-6-14(13)11-18-16/h3-8,16,18H,1-2,9-11H2. The molecule has 0 spiro atoms. The lowest BCUT2D eigenvalue weighted by molar-refractivity contribution is 0.494. The number of halogens is 1. The molecule has 1 nitrogen and oxygen atoms in total. The summed E-state index contributed by atoms with van der Waals surface area (Å²) in [4.78, 5) is 0. The molecule has 94 valence electrons. The lowest BCUT2D eigenvalue weighted by Crippen LogP contribution is -2.38. The molecule has 0 saturated carbocycles. The SMILES string of the molecule is Fc1cccc(CC2CC3=CCCC=C3CN2)c1. The van der Waals surface area contributed by atoms with E-state index in [-0.39, 0.29) is 5.82 Å². The summed E-state index contributed by atoms with van der Waals surface area (Å²) in [6.07, 6.45) is 9.04. The molecule has 2 heteroatoms. The summed E-state index contributed by atoms with van der Waals surface area (Å²) in [5, 5.41) is 3.55. The molecule has 1 saturated heterocycles. The fourth-order valence-corrected chi connectivity index (χ4v) is 2.86. The number of hydrogen-bond donors (Lipinski definition) is 1. The zero-order chi connectivity index (χ0) is 12.4. The van der Waals surface area contributed by atoms with Crippen molar-refractivity contribution in [2.75, 3.05) is 6.54 Å². The van der Waals surface area contributed by atoms with Gasteiger partial charge in [0.25, 0.3) is 0 Å². The van der Waals surface area contributed by atoms with Crippen LogP contribution in [0.3, 0.4) is 0 Å². The van der Waals surface area contributed by atoms with Gasteiger partial charge in [-0.15, -0.1) is 0 Å². The van der Waals surface area contributed by atoms with Crippen LogP contribution in [0.15, 0.2) is 47.6 Å². The molecule has 1 aliphatic carbocycles.